The average Bonchev–Trinajstić information content (AvgIpc) is 2.75. The number of pyridine rings is 1. The van der Waals surface area contributed by atoms with Crippen LogP contribution in [0.15, 0.2) is 29.6 Å². The van der Waals surface area contributed by atoms with E-state index in [4.69, 9.17) is 5.73 Å². The lowest BCUT2D eigenvalue weighted by Gasteiger charge is -2.00. The molecule has 0 radical (unpaired) electrons. The summed E-state index contributed by atoms with van der Waals surface area (Å²) in [6.07, 6.45) is 2.61. The average molecular weight is 282 g/mol. The maximum absolute atomic E-state index is 11.9. The molecule has 0 aliphatic heterocycles. The highest BCUT2D eigenvalue weighted by molar-refractivity contribution is 7.90. The molecule has 2 rings (SSSR count). The second-order valence-corrected chi connectivity index (χ2v) is 5.93. The van der Waals surface area contributed by atoms with E-state index >= 15 is 0 Å². The molecule has 1 amide bonds. The SMILES string of the molecule is CS(=O)(=O)c1nc(C(=O)NCCN)c2ccccn12. The summed E-state index contributed by atoms with van der Waals surface area (Å²) in [5, 5.41) is 2.42. The Morgan fingerprint density at radius 2 is 2.21 bits per heavy atom. The monoisotopic (exact) mass is 282 g/mol. The zero-order chi connectivity index (χ0) is 14.0. The first-order valence-corrected chi connectivity index (χ1v) is 7.49. The van der Waals surface area contributed by atoms with Gasteiger partial charge < -0.3 is 11.1 Å². The Kier molecular flexibility index (Phi) is 3.54. The van der Waals surface area contributed by atoms with Crippen molar-refractivity contribution in [2.24, 2.45) is 5.73 Å². The minimum atomic E-state index is -3.52. The van der Waals surface area contributed by atoms with Gasteiger partial charge in [0.05, 0.1) is 5.52 Å². The second-order valence-electron chi connectivity index (χ2n) is 4.02. The fraction of sp³-hybridized carbons (Fsp3) is 0.273. The lowest BCUT2D eigenvalue weighted by atomic mass is 10.3. The van der Waals surface area contributed by atoms with Gasteiger partial charge in [-0.25, -0.2) is 13.4 Å². The minimum Gasteiger partial charge on any atom is -0.349 e. The van der Waals surface area contributed by atoms with Crippen molar-refractivity contribution in [1.29, 1.82) is 0 Å². The molecular formula is C11H14N4O3S. The highest BCUT2D eigenvalue weighted by Crippen LogP contribution is 2.16. The summed E-state index contributed by atoms with van der Waals surface area (Å²) in [6.45, 7) is 0.607. The molecular weight excluding hydrogens is 268 g/mol. The molecule has 0 saturated heterocycles. The number of aromatic nitrogens is 2. The van der Waals surface area contributed by atoms with Crippen LogP contribution in [0.5, 0.6) is 0 Å². The van der Waals surface area contributed by atoms with Gasteiger partial charge in [-0.1, -0.05) is 6.07 Å². The van der Waals surface area contributed by atoms with Crippen molar-refractivity contribution in [1.82, 2.24) is 14.7 Å². The van der Waals surface area contributed by atoms with Crippen molar-refractivity contribution in [2.75, 3.05) is 19.3 Å². The molecule has 0 saturated carbocycles. The largest absolute Gasteiger partial charge is 0.349 e. The molecule has 2 aromatic heterocycles. The molecule has 7 nitrogen and oxygen atoms in total. The Labute approximate surface area is 110 Å². The number of carbonyl (C=O) groups excluding carboxylic acids is 1. The van der Waals surface area contributed by atoms with Crippen molar-refractivity contribution < 1.29 is 13.2 Å². The first kappa shape index (κ1) is 13.5. The van der Waals surface area contributed by atoms with E-state index in [1.165, 1.54) is 4.40 Å². The molecule has 0 atom stereocenters. The molecule has 102 valence electrons. The number of rotatable bonds is 4. The number of hydrogen-bond donors (Lipinski definition) is 2. The Morgan fingerprint density at radius 1 is 1.47 bits per heavy atom. The summed E-state index contributed by atoms with van der Waals surface area (Å²) < 4.78 is 24.7. The predicted octanol–water partition coefficient (Wildman–Crippen LogP) is -0.574. The molecule has 0 unspecified atom stereocenters. The van der Waals surface area contributed by atoms with Gasteiger partial charge in [-0.3, -0.25) is 9.20 Å². The highest BCUT2D eigenvalue weighted by Gasteiger charge is 2.22. The van der Waals surface area contributed by atoms with Gasteiger partial charge in [0, 0.05) is 25.5 Å². The molecule has 0 fully saturated rings. The van der Waals surface area contributed by atoms with Crippen LogP contribution in [-0.2, 0) is 9.84 Å². The van der Waals surface area contributed by atoms with Crippen LogP contribution in [0.3, 0.4) is 0 Å². The maximum atomic E-state index is 11.9. The zero-order valence-electron chi connectivity index (χ0n) is 10.3. The van der Waals surface area contributed by atoms with Crippen LogP contribution in [0.1, 0.15) is 10.5 Å². The van der Waals surface area contributed by atoms with E-state index in [0.717, 1.165) is 6.26 Å². The van der Waals surface area contributed by atoms with Crippen molar-refractivity contribution in [3.63, 3.8) is 0 Å². The molecule has 2 heterocycles. The molecule has 0 bridgehead atoms. The number of nitrogens with zero attached hydrogens (tertiary/aromatic N) is 2. The Bertz CT molecular complexity index is 721. The molecule has 0 aliphatic rings. The number of carbonyl (C=O) groups is 1. The highest BCUT2D eigenvalue weighted by atomic mass is 32.2. The van der Waals surface area contributed by atoms with E-state index in [2.05, 4.69) is 10.3 Å². The number of nitrogens with two attached hydrogens (primary N) is 1. The summed E-state index contributed by atoms with van der Waals surface area (Å²) in [5.74, 6) is -0.441. The number of sulfone groups is 1. The number of amides is 1. The third-order valence-corrected chi connectivity index (χ3v) is 3.44. The van der Waals surface area contributed by atoms with Crippen LogP contribution >= 0.6 is 0 Å². The molecule has 0 aromatic carbocycles. The molecule has 3 N–H and O–H groups in total. The topological polar surface area (TPSA) is 107 Å². The number of nitrogens with one attached hydrogen (secondary N) is 1. The normalized spacial score (nSPS) is 11.7. The summed E-state index contributed by atoms with van der Waals surface area (Å²) in [4.78, 5) is 15.9. The Balaban J connectivity index is 2.60. The molecule has 0 aliphatic carbocycles. The third kappa shape index (κ3) is 2.59. The van der Waals surface area contributed by atoms with Gasteiger partial charge in [0.25, 0.3) is 5.91 Å². The quantitative estimate of drug-likeness (QED) is 0.780. The van der Waals surface area contributed by atoms with E-state index in [-0.39, 0.29) is 10.9 Å². The third-order valence-electron chi connectivity index (χ3n) is 2.49. The van der Waals surface area contributed by atoms with Crippen LogP contribution in [0.4, 0.5) is 0 Å². The first-order chi connectivity index (χ1) is 8.95. The number of imidazole rings is 1. The second kappa shape index (κ2) is 4.98. The standard InChI is InChI=1S/C11H14N4O3S/c1-19(17,18)11-14-9(10(16)13-6-5-12)8-4-2-3-7-15(8)11/h2-4,7H,5-6,12H2,1H3,(H,13,16). The van der Waals surface area contributed by atoms with Crippen LogP contribution in [0.2, 0.25) is 0 Å². The van der Waals surface area contributed by atoms with Crippen molar-refractivity contribution >= 4 is 21.3 Å². The van der Waals surface area contributed by atoms with Gasteiger partial charge in [-0.2, -0.15) is 0 Å². The van der Waals surface area contributed by atoms with Gasteiger partial charge in [0.15, 0.2) is 5.69 Å². The van der Waals surface area contributed by atoms with Gasteiger partial charge in [0.1, 0.15) is 0 Å². The van der Waals surface area contributed by atoms with Crippen LogP contribution < -0.4 is 11.1 Å². The lowest BCUT2D eigenvalue weighted by molar-refractivity contribution is 0.0951. The van der Waals surface area contributed by atoms with Crippen molar-refractivity contribution in [3.05, 3.63) is 30.1 Å². The maximum Gasteiger partial charge on any atom is 0.272 e. The summed E-state index contributed by atoms with van der Waals surface area (Å²) in [6, 6.07) is 5.02. The van der Waals surface area contributed by atoms with Gasteiger partial charge in [-0.05, 0) is 12.1 Å². The number of hydrogen-bond acceptors (Lipinski definition) is 5. The zero-order valence-corrected chi connectivity index (χ0v) is 11.1. The van der Waals surface area contributed by atoms with Gasteiger partial charge >= 0.3 is 0 Å². The van der Waals surface area contributed by atoms with Gasteiger partial charge in [-0.15, -0.1) is 0 Å². The molecule has 0 spiro atoms. The van der Waals surface area contributed by atoms with E-state index in [9.17, 15) is 13.2 Å². The van der Waals surface area contributed by atoms with Crippen molar-refractivity contribution in [3.8, 4) is 0 Å². The van der Waals surface area contributed by atoms with Gasteiger partial charge in [0.2, 0.25) is 15.0 Å². The lowest BCUT2D eigenvalue weighted by Crippen LogP contribution is -2.29. The summed E-state index contributed by atoms with van der Waals surface area (Å²) in [5.41, 5.74) is 5.83. The molecule has 2 aromatic rings. The van der Waals surface area contributed by atoms with E-state index in [1.807, 2.05) is 0 Å². The smallest absolute Gasteiger partial charge is 0.272 e. The molecule has 19 heavy (non-hydrogen) atoms. The fourth-order valence-corrected chi connectivity index (χ4v) is 2.48. The fourth-order valence-electron chi connectivity index (χ4n) is 1.71. The van der Waals surface area contributed by atoms with Crippen molar-refractivity contribution in [2.45, 2.75) is 5.16 Å². The summed E-state index contributed by atoms with van der Waals surface area (Å²) in [7, 11) is -3.52. The van der Waals surface area contributed by atoms with E-state index in [1.54, 1.807) is 24.4 Å². The summed E-state index contributed by atoms with van der Waals surface area (Å²) >= 11 is 0. The number of fused-ring (bicyclic) bond motifs is 1. The van der Waals surface area contributed by atoms with Crippen LogP contribution in [0.25, 0.3) is 5.52 Å². The predicted molar refractivity (Wildman–Crippen MR) is 69.7 cm³/mol. The minimum absolute atomic E-state index is 0.0782. The Hall–Kier alpha value is -1.93. The Morgan fingerprint density at radius 3 is 2.84 bits per heavy atom. The van der Waals surface area contributed by atoms with E-state index < -0.39 is 15.7 Å². The van der Waals surface area contributed by atoms with Crippen LogP contribution in [0, 0.1) is 0 Å². The van der Waals surface area contributed by atoms with Crippen LogP contribution in [-0.4, -0.2) is 43.1 Å². The van der Waals surface area contributed by atoms with E-state index in [0.29, 0.717) is 18.6 Å². The first-order valence-electron chi connectivity index (χ1n) is 5.60. The molecule has 8 heteroatoms.